The average Bonchev–Trinajstić information content (AvgIpc) is 2.56. The van der Waals surface area contributed by atoms with Crippen LogP contribution in [0.5, 0.6) is 0 Å². The summed E-state index contributed by atoms with van der Waals surface area (Å²) in [6.45, 7) is 4.77. The second kappa shape index (κ2) is 4.04. The number of hydrogen-bond acceptors (Lipinski definition) is 2. The first-order valence-corrected chi connectivity index (χ1v) is 5.14. The van der Waals surface area contributed by atoms with Crippen molar-refractivity contribution in [3.05, 3.63) is 36.0 Å². The van der Waals surface area contributed by atoms with Crippen LogP contribution in [0.4, 0.5) is 0 Å². The highest BCUT2D eigenvalue weighted by Crippen LogP contribution is 2.24. The van der Waals surface area contributed by atoms with Crippen LogP contribution >= 0.6 is 0 Å². The molecule has 1 aromatic carbocycles. The first kappa shape index (κ1) is 10.2. The monoisotopic (exact) mass is 204 g/mol. The minimum atomic E-state index is 0.412. The van der Waals surface area contributed by atoms with Gasteiger partial charge in [0, 0.05) is 17.3 Å². The van der Waals surface area contributed by atoms with Crippen molar-refractivity contribution in [2.75, 3.05) is 0 Å². The number of fused-ring (bicyclic) bond motifs is 1. The van der Waals surface area contributed by atoms with Gasteiger partial charge in [-0.05, 0) is 31.4 Å². The molecule has 3 heteroatoms. The van der Waals surface area contributed by atoms with Gasteiger partial charge in [0.15, 0.2) is 0 Å². The summed E-state index contributed by atoms with van der Waals surface area (Å²) in [6, 6.07) is 10.9. The normalized spacial score (nSPS) is 11.5. The van der Waals surface area contributed by atoms with Gasteiger partial charge in [-0.15, -0.1) is 0 Å². The molecule has 1 aromatic heterocycles. The van der Waals surface area contributed by atoms with Gasteiger partial charge in [0.1, 0.15) is 6.61 Å². The van der Waals surface area contributed by atoms with E-state index in [2.05, 4.69) is 36.6 Å². The number of nitrogens with zero attached hydrogens (tertiary/aromatic N) is 1. The van der Waals surface area contributed by atoms with Crippen molar-refractivity contribution in [3.8, 4) is 0 Å². The van der Waals surface area contributed by atoms with Crippen LogP contribution in [0.3, 0.4) is 0 Å². The highest BCUT2D eigenvalue weighted by molar-refractivity contribution is 5.81. The Kier molecular flexibility index (Phi) is 2.75. The second-order valence-corrected chi connectivity index (χ2v) is 3.97. The van der Waals surface area contributed by atoms with Crippen LogP contribution in [0, 0.1) is 0 Å². The molecule has 0 aliphatic carbocycles. The van der Waals surface area contributed by atoms with Crippen molar-refractivity contribution >= 4 is 10.9 Å². The fourth-order valence-electron chi connectivity index (χ4n) is 2.04. The van der Waals surface area contributed by atoms with E-state index < -0.39 is 0 Å². The maximum absolute atomic E-state index is 5.14. The zero-order valence-electron chi connectivity index (χ0n) is 9.10. The summed E-state index contributed by atoms with van der Waals surface area (Å²) >= 11 is 0. The lowest BCUT2D eigenvalue weighted by atomic mass is 10.2. The number of rotatable bonds is 3. The van der Waals surface area contributed by atoms with Gasteiger partial charge >= 0.3 is 0 Å². The molecular weight excluding hydrogens is 188 g/mol. The molecule has 0 radical (unpaired) electrons. The Balaban J connectivity index is 2.63. The minimum Gasteiger partial charge on any atom is -0.340 e. The maximum Gasteiger partial charge on any atom is 0.108 e. The van der Waals surface area contributed by atoms with Crippen molar-refractivity contribution in [1.82, 2.24) is 4.57 Å². The number of hydrogen-bond donors (Lipinski definition) is 1. The number of benzene rings is 1. The van der Waals surface area contributed by atoms with Crippen molar-refractivity contribution in [1.29, 1.82) is 0 Å². The van der Waals surface area contributed by atoms with E-state index in [0.717, 1.165) is 5.69 Å². The second-order valence-electron chi connectivity index (χ2n) is 3.97. The lowest BCUT2D eigenvalue weighted by Gasteiger charge is -2.13. The van der Waals surface area contributed by atoms with Gasteiger partial charge in [-0.1, -0.05) is 18.2 Å². The smallest absolute Gasteiger partial charge is 0.108 e. The van der Waals surface area contributed by atoms with Crippen LogP contribution in [-0.2, 0) is 11.4 Å². The summed E-state index contributed by atoms with van der Waals surface area (Å²) in [4.78, 5) is 4.73. The van der Waals surface area contributed by atoms with E-state index in [1.54, 1.807) is 0 Å². The van der Waals surface area contributed by atoms with Gasteiger partial charge in [-0.3, -0.25) is 4.84 Å². The summed E-state index contributed by atoms with van der Waals surface area (Å²) < 4.78 is 2.25. The van der Waals surface area contributed by atoms with E-state index in [0.29, 0.717) is 12.6 Å². The maximum atomic E-state index is 5.14. The number of para-hydroxylation sites is 1. The Morgan fingerprint density at radius 1 is 1.33 bits per heavy atom. The topological polar surface area (TPSA) is 40.2 Å². The molecule has 0 bridgehead atoms. The van der Waals surface area contributed by atoms with Gasteiger partial charge in [0.25, 0.3) is 0 Å². The number of aromatic nitrogens is 1. The first-order valence-electron chi connectivity index (χ1n) is 5.14. The van der Waals surface area contributed by atoms with E-state index in [-0.39, 0.29) is 0 Å². The summed E-state index contributed by atoms with van der Waals surface area (Å²) in [5.41, 5.74) is 2.35. The molecule has 0 unspecified atom stereocenters. The standard InChI is InChI=1S/C12H16N2O/c1-9(2)14-11(8-15-13)7-10-5-3-4-6-12(10)14/h3-7,9H,8,13H2,1-2H3. The van der Waals surface area contributed by atoms with Crippen LogP contribution in [0.2, 0.25) is 0 Å². The van der Waals surface area contributed by atoms with Crippen molar-refractivity contribution < 1.29 is 4.84 Å². The van der Waals surface area contributed by atoms with Crippen LogP contribution in [0.15, 0.2) is 30.3 Å². The highest BCUT2D eigenvalue weighted by atomic mass is 16.6. The third-order valence-electron chi connectivity index (χ3n) is 2.58. The Morgan fingerprint density at radius 3 is 2.73 bits per heavy atom. The molecule has 15 heavy (non-hydrogen) atoms. The fraction of sp³-hybridized carbons (Fsp3) is 0.333. The van der Waals surface area contributed by atoms with Gasteiger partial charge in [0.05, 0.1) is 0 Å². The summed E-state index contributed by atoms with van der Waals surface area (Å²) in [7, 11) is 0. The minimum absolute atomic E-state index is 0.412. The molecule has 1 heterocycles. The lowest BCUT2D eigenvalue weighted by molar-refractivity contribution is 0.118. The molecule has 0 spiro atoms. The molecular formula is C12H16N2O. The third kappa shape index (κ3) is 1.76. The summed E-state index contributed by atoms with van der Waals surface area (Å²) in [6.07, 6.45) is 0. The molecule has 2 aromatic rings. The van der Waals surface area contributed by atoms with Gasteiger partial charge < -0.3 is 4.57 Å². The van der Waals surface area contributed by atoms with Gasteiger partial charge in [0.2, 0.25) is 0 Å². The first-order chi connectivity index (χ1) is 7.24. The lowest BCUT2D eigenvalue weighted by Crippen LogP contribution is -2.08. The van der Waals surface area contributed by atoms with Crippen LogP contribution < -0.4 is 5.90 Å². The van der Waals surface area contributed by atoms with E-state index in [4.69, 9.17) is 10.7 Å². The largest absolute Gasteiger partial charge is 0.340 e. The zero-order valence-corrected chi connectivity index (χ0v) is 9.10. The fourth-order valence-corrected chi connectivity index (χ4v) is 2.04. The van der Waals surface area contributed by atoms with Crippen LogP contribution in [-0.4, -0.2) is 4.57 Å². The van der Waals surface area contributed by atoms with E-state index in [1.165, 1.54) is 10.9 Å². The molecule has 0 atom stereocenters. The average molecular weight is 204 g/mol. The summed E-state index contributed by atoms with van der Waals surface area (Å²) in [5, 5.41) is 1.23. The quantitative estimate of drug-likeness (QED) is 0.781. The Bertz CT molecular complexity index is 460. The predicted molar refractivity (Wildman–Crippen MR) is 61.3 cm³/mol. The summed E-state index contributed by atoms with van der Waals surface area (Å²) in [5.74, 6) is 5.14. The van der Waals surface area contributed by atoms with E-state index in [1.807, 2.05) is 12.1 Å². The van der Waals surface area contributed by atoms with Crippen molar-refractivity contribution in [2.45, 2.75) is 26.5 Å². The van der Waals surface area contributed by atoms with E-state index in [9.17, 15) is 0 Å². The molecule has 2 rings (SSSR count). The third-order valence-corrected chi connectivity index (χ3v) is 2.58. The van der Waals surface area contributed by atoms with Crippen LogP contribution in [0.1, 0.15) is 25.6 Å². The molecule has 0 aliphatic rings. The molecule has 0 saturated heterocycles. The molecule has 0 aliphatic heterocycles. The van der Waals surface area contributed by atoms with Crippen molar-refractivity contribution in [2.24, 2.45) is 5.90 Å². The Labute approximate surface area is 89.4 Å². The molecule has 80 valence electrons. The highest BCUT2D eigenvalue weighted by Gasteiger charge is 2.10. The van der Waals surface area contributed by atoms with Crippen molar-refractivity contribution in [3.63, 3.8) is 0 Å². The molecule has 0 fully saturated rings. The van der Waals surface area contributed by atoms with E-state index >= 15 is 0 Å². The van der Waals surface area contributed by atoms with Gasteiger partial charge in [-0.2, -0.15) is 0 Å². The molecule has 3 nitrogen and oxygen atoms in total. The predicted octanol–water partition coefficient (Wildman–Crippen LogP) is 2.61. The Hall–Kier alpha value is -1.32. The number of nitrogens with two attached hydrogens (primary N) is 1. The molecule has 0 amide bonds. The van der Waals surface area contributed by atoms with Crippen LogP contribution in [0.25, 0.3) is 10.9 Å². The molecule has 2 N–H and O–H groups in total. The molecule has 0 saturated carbocycles. The van der Waals surface area contributed by atoms with Gasteiger partial charge in [-0.25, -0.2) is 5.90 Å². The zero-order chi connectivity index (χ0) is 10.8. The Morgan fingerprint density at radius 2 is 2.07 bits per heavy atom. The SMILES string of the molecule is CC(C)n1c(CON)cc2ccccc21.